The van der Waals surface area contributed by atoms with Crippen LogP contribution < -0.4 is 15.8 Å². The van der Waals surface area contributed by atoms with Crippen molar-refractivity contribution in [1.29, 1.82) is 0 Å². The number of nitrogens with one attached hydrogen (secondary N) is 2. The molecule has 1 aromatic heterocycles. The first kappa shape index (κ1) is 24.2. The Morgan fingerprint density at radius 1 is 1.15 bits per heavy atom. The standard InChI is InChI=1S/C20H23F2N7O3S/c1-12-4-9-15(21)16(17(12)22)18(30)29-19(23)26-20(27-29)25-13-5-7-14(8-6-13)33(31,32)24-10-11-28(2)3/h4-9,24H,10-11H2,1-3H3,(H3,23,25,26,27). The minimum atomic E-state index is -3.68. The Morgan fingerprint density at radius 3 is 2.45 bits per heavy atom. The van der Waals surface area contributed by atoms with Crippen molar-refractivity contribution in [2.45, 2.75) is 11.8 Å². The maximum absolute atomic E-state index is 14.3. The molecule has 176 valence electrons. The van der Waals surface area contributed by atoms with Crippen molar-refractivity contribution in [3.8, 4) is 0 Å². The highest BCUT2D eigenvalue weighted by Crippen LogP contribution is 2.21. The van der Waals surface area contributed by atoms with E-state index in [2.05, 4.69) is 20.1 Å². The number of anilines is 3. The van der Waals surface area contributed by atoms with Crippen LogP contribution in [0.5, 0.6) is 0 Å². The fourth-order valence-electron chi connectivity index (χ4n) is 2.82. The SMILES string of the molecule is Cc1ccc(F)c(C(=O)n2nc(Nc3ccc(S(=O)(=O)NCCN(C)C)cc3)nc2N)c1F. The summed E-state index contributed by atoms with van der Waals surface area (Å²) in [6, 6.07) is 7.88. The number of carbonyl (C=O) groups excluding carboxylic acids is 1. The van der Waals surface area contributed by atoms with E-state index in [1.165, 1.54) is 37.3 Å². The molecule has 10 nitrogen and oxygen atoms in total. The van der Waals surface area contributed by atoms with Crippen LogP contribution in [0, 0.1) is 18.6 Å². The second-order valence-corrected chi connectivity index (χ2v) is 9.18. The molecule has 0 saturated heterocycles. The Hall–Kier alpha value is -3.42. The normalized spacial score (nSPS) is 11.7. The molecule has 0 aliphatic rings. The molecular formula is C20H23F2N7O3S. The number of likely N-dealkylation sites (N-methyl/N-ethyl adjacent to an activating group) is 1. The Kier molecular flexibility index (Phi) is 7.05. The zero-order chi connectivity index (χ0) is 24.3. The molecule has 0 aliphatic heterocycles. The maximum atomic E-state index is 14.3. The molecule has 13 heteroatoms. The fourth-order valence-corrected chi connectivity index (χ4v) is 3.84. The quantitative estimate of drug-likeness (QED) is 0.445. The van der Waals surface area contributed by atoms with E-state index in [1.54, 1.807) is 0 Å². The number of sulfonamides is 1. The number of rotatable bonds is 8. The summed E-state index contributed by atoms with van der Waals surface area (Å²) in [6.45, 7) is 2.20. The molecule has 0 aliphatic carbocycles. The summed E-state index contributed by atoms with van der Waals surface area (Å²) < 4.78 is 56.1. The van der Waals surface area contributed by atoms with Gasteiger partial charge in [-0.25, -0.2) is 21.9 Å². The summed E-state index contributed by atoms with van der Waals surface area (Å²) in [5.41, 5.74) is 5.40. The molecule has 0 fully saturated rings. The van der Waals surface area contributed by atoms with Gasteiger partial charge in [0.05, 0.1) is 4.90 Å². The number of carbonyl (C=O) groups is 1. The van der Waals surface area contributed by atoms with Gasteiger partial charge in [0.15, 0.2) is 0 Å². The zero-order valence-corrected chi connectivity index (χ0v) is 18.9. The molecule has 2 aromatic carbocycles. The highest BCUT2D eigenvalue weighted by molar-refractivity contribution is 7.89. The van der Waals surface area contributed by atoms with Crippen molar-refractivity contribution in [3.63, 3.8) is 0 Å². The van der Waals surface area contributed by atoms with Gasteiger partial charge in [-0.3, -0.25) is 4.79 Å². The topological polar surface area (TPSA) is 135 Å². The van der Waals surface area contributed by atoms with Gasteiger partial charge in [0.25, 0.3) is 5.91 Å². The van der Waals surface area contributed by atoms with Crippen molar-refractivity contribution in [2.75, 3.05) is 38.2 Å². The van der Waals surface area contributed by atoms with Gasteiger partial charge in [-0.05, 0) is 56.9 Å². The Balaban J connectivity index is 1.76. The molecule has 0 spiro atoms. The largest absolute Gasteiger partial charge is 0.368 e. The van der Waals surface area contributed by atoms with Gasteiger partial charge < -0.3 is 16.0 Å². The van der Waals surface area contributed by atoms with E-state index in [-0.39, 0.29) is 28.9 Å². The van der Waals surface area contributed by atoms with E-state index >= 15 is 0 Å². The number of benzene rings is 2. The Bertz CT molecular complexity index is 1280. The number of nitrogens with zero attached hydrogens (tertiary/aromatic N) is 4. The first-order valence-electron chi connectivity index (χ1n) is 9.73. The number of hydrogen-bond donors (Lipinski definition) is 3. The monoisotopic (exact) mass is 479 g/mol. The van der Waals surface area contributed by atoms with E-state index in [0.717, 1.165) is 6.07 Å². The van der Waals surface area contributed by atoms with E-state index in [1.807, 2.05) is 19.0 Å². The summed E-state index contributed by atoms with van der Waals surface area (Å²) >= 11 is 0. The fraction of sp³-hybridized carbons (Fsp3) is 0.250. The minimum absolute atomic E-state index is 0.0605. The van der Waals surface area contributed by atoms with Crippen LogP contribution in [0.4, 0.5) is 26.4 Å². The molecule has 0 saturated carbocycles. The van der Waals surface area contributed by atoms with Crippen molar-refractivity contribution in [1.82, 2.24) is 24.4 Å². The Labute approximate surface area is 189 Å². The third-order valence-electron chi connectivity index (χ3n) is 4.59. The summed E-state index contributed by atoms with van der Waals surface area (Å²) in [6.07, 6.45) is 0. The minimum Gasteiger partial charge on any atom is -0.368 e. The number of aromatic nitrogens is 3. The summed E-state index contributed by atoms with van der Waals surface area (Å²) in [5, 5.41) is 6.64. The van der Waals surface area contributed by atoms with Crippen LogP contribution in [-0.4, -0.2) is 61.2 Å². The second-order valence-electron chi connectivity index (χ2n) is 7.41. The summed E-state index contributed by atoms with van der Waals surface area (Å²) in [5.74, 6) is -3.68. The van der Waals surface area contributed by atoms with Gasteiger partial charge in [0, 0.05) is 18.8 Å². The molecule has 1 heterocycles. The van der Waals surface area contributed by atoms with Crippen LogP contribution in [0.25, 0.3) is 0 Å². The average Bonchev–Trinajstić information content (AvgIpc) is 3.11. The summed E-state index contributed by atoms with van der Waals surface area (Å²) in [7, 11) is -0.0139. The number of nitrogens with two attached hydrogens (primary N) is 1. The van der Waals surface area contributed by atoms with Crippen LogP contribution in [0.2, 0.25) is 0 Å². The predicted octanol–water partition coefficient (Wildman–Crippen LogP) is 1.72. The Morgan fingerprint density at radius 2 is 1.82 bits per heavy atom. The number of aryl methyl sites for hydroxylation is 1. The lowest BCUT2D eigenvalue weighted by atomic mass is 10.1. The van der Waals surface area contributed by atoms with Gasteiger partial charge in [0.2, 0.25) is 21.9 Å². The van der Waals surface area contributed by atoms with Gasteiger partial charge in [0.1, 0.15) is 17.2 Å². The first-order chi connectivity index (χ1) is 15.5. The van der Waals surface area contributed by atoms with E-state index in [4.69, 9.17) is 5.73 Å². The van der Waals surface area contributed by atoms with E-state index < -0.39 is 33.1 Å². The lowest BCUT2D eigenvalue weighted by molar-refractivity contribution is 0.0939. The number of nitrogen functional groups attached to an aromatic ring is 1. The van der Waals surface area contributed by atoms with Crippen molar-refractivity contribution >= 4 is 33.5 Å². The maximum Gasteiger partial charge on any atom is 0.287 e. The summed E-state index contributed by atoms with van der Waals surface area (Å²) in [4.78, 5) is 18.4. The van der Waals surface area contributed by atoms with Crippen molar-refractivity contribution in [3.05, 3.63) is 59.2 Å². The van der Waals surface area contributed by atoms with Crippen LogP contribution in [0.15, 0.2) is 41.3 Å². The molecule has 3 aromatic rings. The van der Waals surface area contributed by atoms with Crippen LogP contribution in [0.3, 0.4) is 0 Å². The third kappa shape index (κ3) is 5.50. The van der Waals surface area contributed by atoms with Crippen LogP contribution >= 0.6 is 0 Å². The molecule has 0 unspecified atom stereocenters. The van der Waals surface area contributed by atoms with Crippen LogP contribution in [-0.2, 0) is 10.0 Å². The van der Waals surface area contributed by atoms with Crippen LogP contribution in [0.1, 0.15) is 15.9 Å². The average molecular weight is 480 g/mol. The molecule has 3 rings (SSSR count). The lowest BCUT2D eigenvalue weighted by Gasteiger charge is -2.11. The van der Waals surface area contributed by atoms with E-state index in [9.17, 15) is 22.0 Å². The molecule has 0 radical (unpaired) electrons. The smallest absolute Gasteiger partial charge is 0.287 e. The zero-order valence-electron chi connectivity index (χ0n) is 18.1. The number of hydrogen-bond acceptors (Lipinski definition) is 8. The van der Waals surface area contributed by atoms with Crippen molar-refractivity contribution in [2.24, 2.45) is 0 Å². The van der Waals surface area contributed by atoms with Gasteiger partial charge in [-0.1, -0.05) is 6.07 Å². The lowest BCUT2D eigenvalue weighted by Crippen LogP contribution is -2.31. The molecule has 0 atom stereocenters. The second kappa shape index (κ2) is 9.60. The molecule has 0 bridgehead atoms. The third-order valence-corrected chi connectivity index (χ3v) is 6.07. The van der Waals surface area contributed by atoms with E-state index in [0.29, 0.717) is 16.9 Å². The predicted molar refractivity (Wildman–Crippen MR) is 119 cm³/mol. The van der Waals surface area contributed by atoms with Gasteiger partial charge in [-0.15, -0.1) is 5.10 Å². The first-order valence-corrected chi connectivity index (χ1v) is 11.2. The van der Waals surface area contributed by atoms with Gasteiger partial charge >= 0.3 is 0 Å². The highest BCUT2D eigenvalue weighted by Gasteiger charge is 2.24. The molecule has 33 heavy (non-hydrogen) atoms. The number of halogens is 2. The van der Waals surface area contributed by atoms with Gasteiger partial charge in [-0.2, -0.15) is 9.67 Å². The molecule has 4 N–H and O–H groups in total. The molecular weight excluding hydrogens is 456 g/mol. The van der Waals surface area contributed by atoms with Crippen molar-refractivity contribution < 1.29 is 22.0 Å². The highest BCUT2D eigenvalue weighted by atomic mass is 32.2. The molecule has 0 amide bonds.